The standard InChI is InChI=1S/C25H19Cl6N3O2/c1-11-7-13(32-2)4-6-19(11)34-23(35)15-10-14(3-5-16(15)26)33-24(36)21-20(25(21,30)31)12-8-17(27)22(29)18(28)9-12/h3-10,20-21,32H,1-2H3,(H,33,36)(H,34,35)/t20-,21+/m1/s1. The summed E-state index contributed by atoms with van der Waals surface area (Å²) in [6.45, 7) is 1.88. The van der Waals surface area contributed by atoms with E-state index in [2.05, 4.69) is 16.0 Å². The SMILES string of the molecule is CNc1ccc(NC(=O)c2cc(NC(=O)[C@@H]3[C@@H](c4cc(Cl)c(Cl)c(Cl)c4)C3(Cl)Cl)ccc2Cl)c(C)c1. The number of hydrogen-bond donors (Lipinski definition) is 3. The lowest BCUT2D eigenvalue weighted by Gasteiger charge is -2.12. The summed E-state index contributed by atoms with van der Waals surface area (Å²) in [6.07, 6.45) is 0. The van der Waals surface area contributed by atoms with Gasteiger partial charge >= 0.3 is 0 Å². The first-order chi connectivity index (χ1) is 16.9. The van der Waals surface area contributed by atoms with E-state index in [1.807, 2.05) is 26.1 Å². The van der Waals surface area contributed by atoms with Crippen LogP contribution < -0.4 is 16.0 Å². The highest BCUT2D eigenvalue weighted by Gasteiger charge is 2.67. The molecule has 3 aromatic carbocycles. The number of rotatable bonds is 6. The maximum Gasteiger partial charge on any atom is 0.257 e. The molecule has 0 aromatic heterocycles. The third-order valence-corrected chi connectivity index (χ3v) is 8.41. The number of alkyl halides is 2. The normalized spacial score (nSPS) is 17.9. The first kappa shape index (κ1) is 27.2. The smallest absolute Gasteiger partial charge is 0.257 e. The van der Waals surface area contributed by atoms with Crippen LogP contribution in [0.4, 0.5) is 17.1 Å². The van der Waals surface area contributed by atoms with Crippen molar-refractivity contribution in [1.82, 2.24) is 0 Å². The van der Waals surface area contributed by atoms with E-state index < -0.39 is 28.0 Å². The molecule has 5 nitrogen and oxygen atoms in total. The van der Waals surface area contributed by atoms with Crippen LogP contribution in [0, 0.1) is 12.8 Å². The Morgan fingerprint density at radius 2 is 1.47 bits per heavy atom. The Labute approximate surface area is 238 Å². The van der Waals surface area contributed by atoms with Gasteiger partial charge in [-0.1, -0.05) is 46.4 Å². The van der Waals surface area contributed by atoms with Gasteiger partial charge in [0.2, 0.25) is 5.91 Å². The molecule has 0 heterocycles. The van der Waals surface area contributed by atoms with Gasteiger partial charge in [-0.05, 0) is 66.6 Å². The van der Waals surface area contributed by atoms with E-state index in [9.17, 15) is 9.59 Å². The lowest BCUT2D eigenvalue weighted by Crippen LogP contribution is -2.18. The Morgan fingerprint density at radius 1 is 0.833 bits per heavy atom. The monoisotopic (exact) mass is 603 g/mol. The van der Waals surface area contributed by atoms with Gasteiger partial charge in [0.05, 0.1) is 31.6 Å². The number of anilines is 3. The molecule has 36 heavy (non-hydrogen) atoms. The second-order valence-corrected chi connectivity index (χ2v) is 11.4. The third-order valence-electron chi connectivity index (χ3n) is 5.94. The average Bonchev–Trinajstić information content (AvgIpc) is 3.41. The largest absolute Gasteiger partial charge is 0.388 e. The van der Waals surface area contributed by atoms with E-state index in [1.165, 1.54) is 12.1 Å². The summed E-state index contributed by atoms with van der Waals surface area (Å²) in [4.78, 5) is 26.0. The third kappa shape index (κ3) is 5.38. The summed E-state index contributed by atoms with van der Waals surface area (Å²) < 4.78 is -1.37. The number of carbonyl (C=O) groups is 2. The fourth-order valence-corrected chi connectivity index (χ4v) is 5.61. The van der Waals surface area contributed by atoms with Gasteiger partial charge in [0.1, 0.15) is 4.33 Å². The lowest BCUT2D eigenvalue weighted by atomic mass is 10.1. The molecule has 3 aromatic rings. The zero-order chi connectivity index (χ0) is 26.4. The number of nitrogens with one attached hydrogen (secondary N) is 3. The van der Waals surface area contributed by atoms with Crippen LogP contribution >= 0.6 is 69.6 Å². The van der Waals surface area contributed by atoms with E-state index in [0.29, 0.717) is 16.9 Å². The molecule has 188 valence electrons. The Bertz CT molecular complexity index is 1350. The minimum atomic E-state index is -1.37. The zero-order valence-corrected chi connectivity index (χ0v) is 23.4. The number of halogens is 6. The summed E-state index contributed by atoms with van der Waals surface area (Å²) in [6, 6.07) is 13.3. The minimum absolute atomic E-state index is 0.193. The zero-order valence-electron chi connectivity index (χ0n) is 18.9. The Kier molecular flexibility index (Phi) is 7.92. The van der Waals surface area contributed by atoms with Crippen LogP contribution in [-0.4, -0.2) is 23.2 Å². The molecule has 2 atom stereocenters. The van der Waals surface area contributed by atoms with Crippen molar-refractivity contribution in [3.05, 3.63) is 85.3 Å². The number of aryl methyl sites for hydroxylation is 1. The predicted molar refractivity (Wildman–Crippen MR) is 151 cm³/mol. The summed E-state index contributed by atoms with van der Waals surface area (Å²) in [5.74, 6) is -2.18. The molecule has 0 unspecified atom stereocenters. The maximum atomic E-state index is 13.1. The predicted octanol–water partition coefficient (Wildman–Crippen LogP) is 8.43. The van der Waals surface area contributed by atoms with Crippen molar-refractivity contribution in [3.8, 4) is 0 Å². The van der Waals surface area contributed by atoms with Crippen LogP contribution in [0.25, 0.3) is 0 Å². The summed E-state index contributed by atoms with van der Waals surface area (Å²) in [7, 11) is 1.81. The van der Waals surface area contributed by atoms with Crippen LogP contribution in [0.5, 0.6) is 0 Å². The molecule has 4 rings (SSSR count). The van der Waals surface area contributed by atoms with E-state index in [0.717, 1.165) is 11.3 Å². The Hall–Kier alpha value is -1.86. The molecule has 1 saturated carbocycles. The minimum Gasteiger partial charge on any atom is -0.388 e. The first-order valence-electron chi connectivity index (χ1n) is 10.7. The molecule has 2 amide bonds. The highest BCUT2D eigenvalue weighted by molar-refractivity contribution is 6.54. The van der Waals surface area contributed by atoms with Crippen molar-refractivity contribution in [2.24, 2.45) is 5.92 Å². The van der Waals surface area contributed by atoms with Gasteiger partial charge in [0, 0.05) is 30.0 Å². The molecule has 1 fully saturated rings. The molecule has 0 radical (unpaired) electrons. The molecule has 1 aliphatic carbocycles. The van der Waals surface area contributed by atoms with Gasteiger partial charge in [-0.3, -0.25) is 9.59 Å². The van der Waals surface area contributed by atoms with E-state index >= 15 is 0 Å². The summed E-state index contributed by atoms with van der Waals surface area (Å²) in [5, 5.41) is 9.57. The fraction of sp³-hybridized carbons (Fsp3) is 0.200. The Balaban J connectivity index is 1.51. The van der Waals surface area contributed by atoms with E-state index in [4.69, 9.17) is 69.6 Å². The molecule has 0 spiro atoms. The van der Waals surface area contributed by atoms with E-state index in [1.54, 1.807) is 24.3 Å². The summed E-state index contributed by atoms with van der Waals surface area (Å²) in [5.41, 5.74) is 3.58. The lowest BCUT2D eigenvalue weighted by molar-refractivity contribution is -0.117. The van der Waals surface area contributed by atoms with Crippen molar-refractivity contribution in [2.45, 2.75) is 17.2 Å². The van der Waals surface area contributed by atoms with Gasteiger partial charge in [-0.15, -0.1) is 23.2 Å². The molecule has 1 aliphatic rings. The molecule has 0 aliphatic heterocycles. The van der Waals surface area contributed by atoms with Gasteiger partial charge < -0.3 is 16.0 Å². The highest BCUT2D eigenvalue weighted by atomic mass is 35.5. The number of carbonyl (C=O) groups excluding carboxylic acids is 2. The van der Waals surface area contributed by atoms with Crippen LogP contribution in [0.3, 0.4) is 0 Å². The van der Waals surface area contributed by atoms with Gasteiger partial charge in [-0.25, -0.2) is 0 Å². The quantitative estimate of drug-likeness (QED) is 0.195. The van der Waals surface area contributed by atoms with Crippen molar-refractivity contribution >= 4 is 98.5 Å². The van der Waals surface area contributed by atoms with Crippen molar-refractivity contribution < 1.29 is 9.59 Å². The molecule has 0 saturated heterocycles. The van der Waals surface area contributed by atoms with E-state index in [-0.39, 0.29) is 25.7 Å². The summed E-state index contributed by atoms with van der Waals surface area (Å²) >= 11 is 37.5. The maximum absolute atomic E-state index is 13.1. The van der Waals surface area contributed by atoms with Gasteiger partial charge in [-0.2, -0.15) is 0 Å². The van der Waals surface area contributed by atoms with Gasteiger partial charge in [0.15, 0.2) is 0 Å². The molecular formula is C25H19Cl6N3O2. The molecule has 0 bridgehead atoms. The molecular weight excluding hydrogens is 587 g/mol. The van der Waals surface area contributed by atoms with Crippen LogP contribution in [0.2, 0.25) is 20.1 Å². The average molecular weight is 606 g/mol. The van der Waals surface area contributed by atoms with Crippen LogP contribution in [0.1, 0.15) is 27.4 Å². The number of benzene rings is 3. The first-order valence-corrected chi connectivity index (χ1v) is 12.9. The van der Waals surface area contributed by atoms with Crippen molar-refractivity contribution in [1.29, 1.82) is 0 Å². The topological polar surface area (TPSA) is 70.2 Å². The number of amides is 2. The molecule has 3 N–H and O–H groups in total. The second kappa shape index (κ2) is 10.5. The number of hydrogen-bond acceptors (Lipinski definition) is 3. The molecule has 11 heteroatoms. The Morgan fingerprint density at radius 3 is 2.08 bits per heavy atom. The van der Waals surface area contributed by atoms with Crippen molar-refractivity contribution in [2.75, 3.05) is 23.0 Å². The highest BCUT2D eigenvalue weighted by Crippen LogP contribution is 2.65. The fourth-order valence-electron chi connectivity index (χ4n) is 3.97. The van der Waals surface area contributed by atoms with Crippen LogP contribution in [-0.2, 0) is 4.79 Å². The van der Waals surface area contributed by atoms with Gasteiger partial charge in [0.25, 0.3) is 5.91 Å². The van der Waals surface area contributed by atoms with Crippen LogP contribution in [0.15, 0.2) is 48.5 Å². The van der Waals surface area contributed by atoms with Crippen molar-refractivity contribution in [3.63, 3.8) is 0 Å². The second-order valence-electron chi connectivity index (χ2n) is 8.35.